The van der Waals surface area contributed by atoms with Gasteiger partial charge in [0.1, 0.15) is 17.5 Å². The van der Waals surface area contributed by atoms with Crippen LogP contribution in [0.3, 0.4) is 0 Å². The molecule has 0 atom stereocenters. The molecule has 0 bridgehead atoms. The quantitative estimate of drug-likeness (QED) is 0.588. The summed E-state index contributed by atoms with van der Waals surface area (Å²) in [7, 11) is -2.91. The van der Waals surface area contributed by atoms with Crippen molar-refractivity contribution in [3.05, 3.63) is 40.0 Å². The molecule has 8 nitrogen and oxygen atoms in total. The molecule has 0 unspecified atom stereocenters. The van der Waals surface area contributed by atoms with E-state index in [2.05, 4.69) is 15.3 Å². The Hall–Kier alpha value is -2.21. The third kappa shape index (κ3) is 4.40. The van der Waals surface area contributed by atoms with Gasteiger partial charge in [-0.2, -0.15) is 10.6 Å². The molecule has 12 heteroatoms. The zero-order valence-corrected chi connectivity index (χ0v) is 18.3. The fourth-order valence-corrected chi connectivity index (χ4v) is 5.43. The van der Waals surface area contributed by atoms with Crippen LogP contribution in [0.5, 0.6) is 0 Å². The molecule has 2 amide bonds. The van der Waals surface area contributed by atoms with Gasteiger partial charge in [0.2, 0.25) is 0 Å². The molecule has 168 valence electrons. The molecule has 0 aliphatic carbocycles. The van der Waals surface area contributed by atoms with Crippen LogP contribution >= 0.6 is 22.2 Å². The highest BCUT2D eigenvalue weighted by atomic mass is 35.5. The summed E-state index contributed by atoms with van der Waals surface area (Å²) in [5.74, 6) is -1.24. The molecular weight excluding hydrogens is 452 g/mol. The summed E-state index contributed by atoms with van der Waals surface area (Å²) < 4.78 is 49.0. The second-order valence-corrected chi connectivity index (χ2v) is 10.0. The third-order valence-electron chi connectivity index (χ3n) is 5.26. The molecule has 1 aromatic heterocycles. The smallest absolute Gasteiger partial charge is 0.317 e. The number of hydrogen-bond acceptors (Lipinski definition) is 6. The Bertz CT molecular complexity index is 1030. The lowest BCUT2D eigenvalue weighted by atomic mass is 10.1. The average Bonchev–Trinajstić information content (AvgIpc) is 3.04. The maximum absolute atomic E-state index is 14.5. The van der Waals surface area contributed by atoms with Gasteiger partial charge in [-0.25, -0.2) is 23.5 Å². The van der Waals surface area contributed by atoms with E-state index in [0.717, 1.165) is 12.1 Å². The number of urea groups is 1. The lowest BCUT2D eigenvalue weighted by Crippen LogP contribution is -2.52. The zero-order chi connectivity index (χ0) is 22.3. The normalized spacial score (nSPS) is 18.6. The van der Waals surface area contributed by atoms with E-state index >= 15 is 0 Å². The van der Waals surface area contributed by atoms with Crippen molar-refractivity contribution < 1.29 is 22.7 Å². The summed E-state index contributed by atoms with van der Waals surface area (Å²) in [6.45, 7) is 4.17. The number of fused-ring (bicyclic) bond motifs is 1. The van der Waals surface area contributed by atoms with Crippen molar-refractivity contribution in [2.24, 2.45) is 0 Å². The predicted octanol–water partition coefficient (Wildman–Crippen LogP) is 3.69. The van der Waals surface area contributed by atoms with Crippen molar-refractivity contribution in [2.45, 2.75) is 18.4 Å². The number of piperazine rings is 1. The largest absolute Gasteiger partial charge is 0.353 e. The van der Waals surface area contributed by atoms with Crippen LogP contribution in [0.4, 0.5) is 19.4 Å². The van der Waals surface area contributed by atoms with Gasteiger partial charge in [-0.1, -0.05) is 11.6 Å². The average molecular weight is 474 g/mol. The monoisotopic (exact) mass is 473 g/mol. The molecule has 0 spiro atoms. The zero-order valence-electron chi connectivity index (χ0n) is 16.7. The highest BCUT2D eigenvalue weighted by Gasteiger charge is 2.34. The van der Waals surface area contributed by atoms with E-state index in [1.165, 1.54) is 0 Å². The van der Waals surface area contributed by atoms with Crippen LogP contribution in [0.2, 0.25) is 5.02 Å². The fraction of sp³-hybridized carbons (Fsp3) is 0.421. The molecule has 3 heterocycles. The van der Waals surface area contributed by atoms with E-state index in [4.69, 9.17) is 11.6 Å². The maximum atomic E-state index is 14.5. The molecule has 2 aliphatic rings. The Morgan fingerprint density at radius 1 is 1.16 bits per heavy atom. The number of carbonyl (C=O) groups excluding carboxylic acids is 1. The molecule has 2 aliphatic heterocycles. The van der Waals surface area contributed by atoms with E-state index < -0.39 is 22.2 Å². The molecule has 2 aromatic rings. The second kappa shape index (κ2) is 8.38. The van der Waals surface area contributed by atoms with Crippen LogP contribution in [-0.4, -0.2) is 62.7 Å². The molecule has 4 rings (SSSR count). The van der Waals surface area contributed by atoms with Crippen molar-refractivity contribution in [2.75, 3.05) is 37.6 Å². The van der Waals surface area contributed by atoms with Crippen molar-refractivity contribution in [3.63, 3.8) is 0 Å². The first kappa shape index (κ1) is 22.0. The number of rotatable bonds is 3. The van der Waals surface area contributed by atoms with Crippen molar-refractivity contribution in [1.29, 1.82) is 0 Å². The number of benzene rings is 1. The first-order valence-corrected chi connectivity index (χ1v) is 12.0. The highest BCUT2D eigenvalue weighted by Crippen LogP contribution is 2.54. The van der Waals surface area contributed by atoms with Gasteiger partial charge in [0.25, 0.3) is 0 Å². The van der Waals surface area contributed by atoms with Crippen molar-refractivity contribution >= 4 is 34.0 Å². The fourth-order valence-electron chi connectivity index (χ4n) is 3.75. The third-order valence-corrected chi connectivity index (χ3v) is 7.04. The van der Waals surface area contributed by atoms with Gasteiger partial charge in [0.05, 0.1) is 27.8 Å². The van der Waals surface area contributed by atoms with E-state index in [-0.39, 0.29) is 33.9 Å². The summed E-state index contributed by atoms with van der Waals surface area (Å²) in [5.41, 5.74) is 0.834. The number of hydrogen-bond donors (Lipinski definition) is 3. The van der Waals surface area contributed by atoms with Crippen LogP contribution < -0.4 is 10.2 Å². The number of aromatic nitrogens is 2. The Kier molecular flexibility index (Phi) is 5.95. The molecule has 1 saturated heterocycles. The van der Waals surface area contributed by atoms with Crippen LogP contribution in [0.25, 0.3) is 11.4 Å². The van der Waals surface area contributed by atoms with Gasteiger partial charge in [-0.15, -0.1) is 0 Å². The van der Waals surface area contributed by atoms with Gasteiger partial charge in [0.15, 0.2) is 5.82 Å². The van der Waals surface area contributed by atoms with Crippen molar-refractivity contribution in [3.8, 4) is 11.4 Å². The van der Waals surface area contributed by atoms with Gasteiger partial charge < -0.3 is 15.1 Å². The minimum absolute atomic E-state index is 0.00590. The lowest BCUT2D eigenvalue weighted by molar-refractivity contribution is 0.195. The minimum Gasteiger partial charge on any atom is -0.353 e. The first-order chi connectivity index (χ1) is 14.7. The van der Waals surface area contributed by atoms with Crippen LogP contribution in [-0.2, 0) is 11.5 Å². The van der Waals surface area contributed by atoms with E-state index in [0.29, 0.717) is 49.8 Å². The molecule has 31 heavy (non-hydrogen) atoms. The standard InChI is InChI=1S/C19H22ClF2N5O3S/c1-2-23-19(28)27-5-3-26(4-6-27)18-12-9-31(29,30)10-16(12)24-17(25-18)11-7-15(22)13(20)8-14(11)21/h7-8,29-30H,2-6,9-10H2,1H3,(H,23,28). The maximum Gasteiger partial charge on any atom is 0.317 e. The summed E-state index contributed by atoms with van der Waals surface area (Å²) >= 11 is 5.66. The van der Waals surface area contributed by atoms with Crippen molar-refractivity contribution in [1.82, 2.24) is 20.2 Å². The highest BCUT2D eigenvalue weighted by molar-refractivity contribution is 8.23. The second-order valence-electron chi connectivity index (χ2n) is 7.44. The number of nitrogens with one attached hydrogen (secondary N) is 1. The Morgan fingerprint density at radius 3 is 2.55 bits per heavy atom. The van der Waals surface area contributed by atoms with Gasteiger partial charge in [-0.3, -0.25) is 9.11 Å². The SMILES string of the molecule is CCNC(=O)N1CCN(c2nc(-c3cc(F)c(Cl)cc3F)nc3c2CS(O)(O)C3)CC1. The first-order valence-electron chi connectivity index (χ1n) is 9.74. The molecule has 0 saturated carbocycles. The Labute approximate surface area is 184 Å². The topological polar surface area (TPSA) is 102 Å². The summed E-state index contributed by atoms with van der Waals surface area (Å²) in [6.07, 6.45) is 0. The molecular formula is C19H22ClF2N5O3S. The van der Waals surface area contributed by atoms with E-state index in [1.807, 2.05) is 11.8 Å². The van der Waals surface area contributed by atoms with Gasteiger partial charge in [0, 0.05) is 38.3 Å². The van der Waals surface area contributed by atoms with E-state index in [9.17, 15) is 22.7 Å². The van der Waals surface area contributed by atoms with Crippen LogP contribution in [0.15, 0.2) is 12.1 Å². The summed E-state index contributed by atoms with van der Waals surface area (Å²) in [4.78, 5) is 24.5. The number of anilines is 1. The summed E-state index contributed by atoms with van der Waals surface area (Å²) in [5, 5.41) is 2.41. The molecule has 1 aromatic carbocycles. The molecule has 3 N–H and O–H groups in total. The van der Waals surface area contributed by atoms with Gasteiger partial charge in [-0.05, 0) is 19.1 Å². The number of nitrogens with zero attached hydrogens (tertiary/aromatic N) is 4. The predicted molar refractivity (Wildman–Crippen MR) is 116 cm³/mol. The minimum atomic E-state index is -2.91. The lowest BCUT2D eigenvalue weighted by Gasteiger charge is -2.36. The van der Waals surface area contributed by atoms with Crippen LogP contribution in [0, 0.1) is 11.6 Å². The number of halogens is 3. The molecule has 0 radical (unpaired) electrons. The Balaban J connectivity index is 1.70. The van der Waals surface area contributed by atoms with Gasteiger partial charge >= 0.3 is 6.03 Å². The summed E-state index contributed by atoms with van der Waals surface area (Å²) in [6, 6.07) is 1.65. The number of carbonyl (C=O) groups is 1. The Morgan fingerprint density at radius 2 is 1.87 bits per heavy atom. The van der Waals surface area contributed by atoms with Crippen LogP contribution in [0.1, 0.15) is 18.2 Å². The molecule has 1 fully saturated rings. The number of amides is 2. The van der Waals surface area contributed by atoms with E-state index in [1.54, 1.807) is 4.90 Å².